The molecule has 3 aromatic carbocycles. The Morgan fingerprint density at radius 1 is 1.03 bits per heavy atom. The molecule has 0 saturated carbocycles. The van der Waals surface area contributed by atoms with Gasteiger partial charge in [-0.15, -0.1) is 0 Å². The third-order valence-corrected chi connectivity index (χ3v) is 6.31. The highest BCUT2D eigenvalue weighted by molar-refractivity contribution is 9.10. The van der Waals surface area contributed by atoms with Crippen LogP contribution in [0.1, 0.15) is 40.2 Å². The van der Waals surface area contributed by atoms with Gasteiger partial charge in [-0.3, -0.25) is 4.79 Å². The number of carbonyl (C=O) groups is 1. The maximum absolute atomic E-state index is 12.6. The Morgan fingerprint density at radius 2 is 1.85 bits per heavy atom. The summed E-state index contributed by atoms with van der Waals surface area (Å²) in [5.74, 6) is 1.70. The van der Waals surface area contributed by atoms with Crippen molar-refractivity contribution in [2.45, 2.75) is 39.8 Å². The molecule has 0 spiro atoms. The summed E-state index contributed by atoms with van der Waals surface area (Å²) in [6.45, 7) is 6.06. The minimum Gasteiger partial charge on any atom is -0.493 e. The van der Waals surface area contributed by atoms with Crippen molar-refractivity contribution in [1.82, 2.24) is 14.9 Å². The highest BCUT2D eigenvalue weighted by Gasteiger charge is 2.13. The molecule has 1 amide bonds. The summed E-state index contributed by atoms with van der Waals surface area (Å²) < 4.78 is 9.09. The number of halogens is 1. The zero-order valence-corrected chi connectivity index (χ0v) is 20.6. The Labute approximate surface area is 202 Å². The van der Waals surface area contributed by atoms with Crippen molar-refractivity contribution < 1.29 is 9.53 Å². The molecule has 33 heavy (non-hydrogen) atoms. The van der Waals surface area contributed by atoms with Crippen LogP contribution in [0.4, 0.5) is 0 Å². The van der Waals surface area contributed by atoms with Crippen molar-refractivity contribution in [3.8, 4) is 5.75 Å². The number of hydrogen-bond acceptors (Lipinski definition) is 3. The smallest absolute Gasteiger partial charge is 0.251 e. The van der Waals surface area contributed by atoms with Gasteiger partial charge in [0, 0.05) is 16.6 Å². The van der Waals surface area contributed by atoms with Gasteiger partial charge in [0.2, 0.25) is 0 Å². The molecular formula is C27H28BrN3O2. The van der Waals surface area contributed by atoms with Crippen molar-refractivity contribution in [2.75, 3.05) is 6.61 Å². The number of para-hydroxylation sites is 2. The molecule has 0 aliphatic rings. The second-order valence-corrected chi connectivity index (χ2v) is 9.03. The van der Waals surface area contributed by atoms with Crippen LogP contribution >= 0.6 is 15.9 Å². The number of benzene rings is 3. The SMILES string of the molecule is Cc1cccc(OCCCCn2c(CNC(=O)c3cccc(Br)c3)nc3ccccc32)c1C. The molecule has 6 heteroatoms. The Morgan fingerprint density at radius 3 is 2.70 bits per heavy atom. The Bertz CT molecular complexity index is 1270. The van der Waals surface area contributed by atoms with Crippen LogP contribution in [0.5, 0.6) is 5.75 Å². The van der Waals surface area contributed by atoms with Gasteiger partial charge in [-0.05, 0) is 74.2 Å². The molecule has 170 valence electrons. The van der Waals surface area contributed by atoms with Gasteiger partial charge in [0.05, 0.1) is 24.2 Å². The summed E-state index contributed by atoms with van der Waals surface area (Å²) in [6.07, 6.45) is 1.89. The minimum atomic E-state index is -0.114. The van der Waals surface area contributed by atoms with E-state index in [1.807, 2.05) is 48.5 Å². The third-order valence-electron chi connectivity index (χ3n) is 5.82. The molecule has 0 saturated heterocycles. The van der Waals surface area contributed by atoms with Crippen molar-refractivity contribution >= 4 is 32.9 Å². The molecule has 1 aromatic heterocycles. The second-order valence-electron chi connectivity index (χ2n) is 8.12. The minimum absolute atomic E-state index is 0.114. The molecule has 0 radical (unpaired) electrons. The largest absolute Gasteiger partial charge is 0.493 e. The molecule has 0 aliphatic heterocycles. The molecule has 0 unspecified atom stereocenters. The van der Waals surface area contributed by atoms with Gasteiger partial charge in [-0.1, -0.05) is 46.3 Å². The molecule has 0 fully saturated rings. The van der Waals surface area contributed by atoms with E-state index in [4.69, 9.17) is 9.72 Å². The van der Waals surface area contributed by atoms with E-state index in [0.29, 0.717) is 18.7 Å². The van der Waals surface area contributed by atoms with Crippen LogP contribution in [0.3, 0.4) is 0 Å². The number of imidazole rings is 1. The third kappa shape index (κ3) is 5.63. The molecule has 0 aliphatic carbocycles. The molecule has 4 rings (SSSR count). The van der Waals surface area contributed by atoms with Crippen molar-refractivity contribution in [3.63, 3.8) is 0 Å². The number of carbonyl (C=O) groups excluding carboxylic acids is 1. The van der Waals surface area contributed by atoms with E-state index in [1.165, 1.54) is 11.1 Å². The van der Waals surface area contributed by atoms with E-state index in [1.54, 1.807) is 6.07 Å². The van der Waals surface area contributed by atoms with Gasteiger partial charge >= 0.3 is 0 Å². The van der Waals surface area contributed by atoms with Gasteiger partial charge in [0.25, 0.3) is 5.91 Å². The van der Waals surface area contributed by atoms with Crippen LogP contribution in [-0.4, -0.2) is 22.1 Å². The molecule has 4 aromatic rings. The first-order valence-corrected chi connectivity index (χ1v) is 12.0. The average Bonchev–Trinajstić information content (AvgIpc) is 3.17. The lowest BCUT2D eigenvalue weighted by molar-refractivity contribution is 0.0949. The zero-order chi connectivity index (χ0) is 23.2. The van der Waals surface area contributed by atoms with E-state index in [-0.39, 0.29) is 5.91 Å². The van der Waals surface area contributed by atoms with Crippen LogP contribution in [0, 0.1) is 13.8 Å². The van der Waals surface area contributed by atoms with Gasteiger partial charge in [-0.2, -0.15) is 0 Å². The van der Waals surface area contributed by atoms with Gasteiger partial charge in [-0.25, -0.2) is 4.98 Å². The first-order chi connectivity index (χ1) is 16.0. The lowest BCUT2D eigenvalue weighted by Gasteiger charge is -2.12. The summed E-state index contributed by atoms with van der Waals surface area (Å²) in [7, 11) is 0. The van der Waals surface area contributed by atoms with E-state index >= 15 is 0 Å². The quantitative estimate of drug-likeness (QED) is 0.275. The van der Waals surface area contributed by atoms with E-state index in [9.17, 15) is 4.79 Å². The number of hydrogen-bond donors (Lipinski definition) is 1. The molecule has 1 heterocycles. The molecule has 1 N–H and O–H groups in total. The Kier molecular flexibility index (Phi) is 7.45. The normalized spacial score (nSPS) is 11.0. The molecular weight excluding hydrogens is 478 g/mol. The van der Waals surface area contributed by atoms with Crippen molar-refractivity contribution in [3.05, 3.63) is 93.7 Å². The fourth-order valence-corrected chi connectivity index (χ4v) is 4.23. The maximum Gasteiger partial charge on any atom is 0.251 e. The Balaban J connectivity index is 1.38. The number of amides is 1. The number of unbranched alkanes of at least 4 members (excludes halogenated alkanes) is 1. The predicted molar refractivity (Wildman–Crippen MR) is 136 cm³/mol. The van der Waals surface area contributed by atoms with Gasteiger partial charge < -0.3 is 14.6 Å². The van der Waals surface area contributed by atoms with Gasteiger partial charge in [0.1, 0.15) is 11.6 Å². The molecule has 0 bridgehead atoms. The van der Waals surface area contributed by atoms with Crippen molar-refractivity contribution in [2.24, 2.45) is 0 Å². The monoisotopic (exact) mass is 505 g/mol. The topological polar surface area (TPSA) is 56.1 Å². The first kappa shape index (κ1) is 23.1. The number of rotatable bonds is 9. The van der Waals surface area contributed by atoms with Crippen LogP contribution in [0.2, 0.25) is 0 Å². The fraction of sp³-hybridized carbons (Fsp3) is 0.259. The van der Waals surface area contributed by atoms with Crippen LogP contribution in [0.15, 0.2) is 71.2 Å². The Hall–Kier alpha value is -3.12. The zero-order valence-electron chi connectivity index (χ0n) is 19.0. The number of nitrogens with zero attached hydrogens (tertiary/aromatic N) is 2. The van der Waals surface area contributed by atoms with Crippen LogP contribution in [-0.2, 0) is 13.1 Å². The lowest BCUT2D eigenvalue weighted by Crippen LogP contribution is -2.24. The fourth-order valence-electron chi connectivity index (χ4n) is 3.84. The second kappa shape index (κ2) is 10.7. The number of aromatic nitrogens is 2. The van der Waals surface area contributed by atoms with Crippen LogP contribution in [0.25, 0.3) is 11.0 Å². The number of fused-ring (bicyclic) bond motifs is 1. The number of aryl methyl sites for hydroxylation is 2. The lowest BCUT2D eigenvalue weighted by atomic mass is 10.1. The molecule has 5 nitrogen and oxygen atoms in total. The van der Waals surface area contributed by atoms with Crippen LogP contribution < -0.4 is 10.1 Å². The van der Waals surface area contributed by atoms with Crippen molar-refractivity contribution in [1.29, 1.82) is 0 Å². The number of ether oxygens (including phenoxy) is 1. The summed E-state index contributed by atoms with van der Waals surface area (Å²) in [5.41, 5.74) is 5.08. The van der Waals surface area contributed by atoms with E-state index < -0.39 is 0 Å². The highest BCUT2D eigenvalue weighted by Crippen LogP contribution is 2.21. The summed E-state index contributed by atoms with van der Waals surface area (Å²) in [4.78, 5) is 17.4. The number of nitrogens with one attached hydrogen (secondary N) is 1. The summed E-state index contributed by atoms with van der Waals surface area (Å²) in [6, 6.07) is 21.6. The van der Waals surface area contributed by atoms with E-state index in [2.05, 4.69) is 51.8 Å². The first-order valence-electron chi connectivity index (χ1n) is 11.2. The highest BCUT2D eigenvalue weighted by atomic mass is 79.9. The van der Waals surface area contributed by atoms with E-state index in [0.717, 1.165) is 46.5 Å². The summed E-state index contributed by atoms with van der Waals surface area (Å²) >= 11 is 3.42. The van der Waals surface area contributed by atoms with Gasteiger partial charge in [0.15, 0.2) is 0 Å². The average molecular weight is 506 g/mol. The molecule has 0 atom stereocenters. The summed E-state index contributed by atoms with van der Waals surface area (Å²) in [5, 5.41) is 3.01. The maximum atomic E-state index is 12.6. The predicted octanol–water partition coefficient (Wildman–Crippen LogP) is 6.20. The standard InChI is InChI=1S/C27H28BrN3O2/c1-19-9-7-14-25(20(19)2)33-16-6-5-15-31-24-13-4-3-12-23(24)30-26(31)18-29-27(32)21-10-8-11-22(28)17-21/h3-4,7-14,17H,5-6,15-16,18H2,1-2H3,(H,29,32).